The van der Waals surface area contributed by atoms with Crippen molar-refractivity contribution >= 4 is 41.4 Å². The predicted octanol–water partition coefficient (Wildman–Crippen LogP) is -1.94. The van der Waals surface area contributed by atoms with Crippen LogP contribution in [0.2, 0.25) is 0 Å². The van der Waals surface area contributed by atoms with Crippen LogP contribution in [0.25, 0.3) is 0 Å². The molecule has 3 atom stereocenters. The van der Waals surface area contributed by atoms with E-state index in [1.807, 2.05) is 0 Å². The number of phenolic OH excluding ortho intramolecular Hbond substituents is 1. The van der Waals surface area contributed by atoms with Crippen LogP contribution in [0.3, 0.4) is 0 Å². The lowest BCUT2D eigenvalue weighted by atomic mass is 10.0. The smallest absolute Gasteiger partial charge is 0.326 e. The summed E-state index contributed by atoms with van der Waals surface area (Å²) >= 11 is 1.43. The number of aromatic hydroxyl groups is 1. The molecule has 3 unspecified atom stereocenters. The third-order valence-electron chi connectivity index (χ3n) is 4.43. The Labute approximate surface area is 194 Å². The van der Waals surface area contributed by atoms with Gasteiger partial charge >= 0.3 is 5.97 Å². The topological polar surface area (TPSA) is 214 Å². The molecule has 0 aliphatic carbocycles. The molecule has 0 bridgehead atoms. The largest absolute Gasteiger partial charge is 0.508 e. The number of thioether (sulfide) groups is 1. The number of aliphatic carboxylic acids is 1. The zero-order valence-corrected chi connectivity index (χ0v) is 18.9. The summed E-state index contributed by atoms with van der Waals surface area (Å²) in [6, 6.07) is 2.39. The van der Waals surface area contributed by atoms with Gasteiger partial charge in [-0.05, 0) is 36.1 Å². The number of hydrogen-bond donors (Lipinski definition) is 7. The van der Waals surface area contributed by atoms with Gasteiger partial charge in [-0.25, -0.2) is 4.79 Å². The highest BCUT2D eigenvalue weighted by molar-refractivity contribution is 7.98. The van der Waals surface area contributed by atoms with Crippen molar-refractivity contribution in [2.75, 3.05) is 18.6 Å². The summed E-state index contributed by atoms with van der Waals surface area (Å²) in [5.41, 5.74) is 11.1. The number of nitrogens with one attached hydrogen (secondary N) is 3. The number of carbonyl (C=O) groups excluding carboxylic acids is 4. The lowest BCUT2D eigenvalue weighted by Crippen LogP contribution is -2.54. The van der Waals surface area contributed by atoms with E-state index >= 15 is 0 Å². The molecule has 0 fully saturated rings. The van der Waals surface area contributed by atoms with Gasteiger partial charge in [-0.3, -0.25) is 19.2 Å². The van der Waals surface area contributed by atoms with E-state index < -0.39 is 60.7 Å². The van der Waals surface area contributed by atoms with E-state index in [2.05, 4.69) is 16.0 Å². The van der Waals surface area contributed by atoms with Gasteiger partial charge in [0.05, 0.1) is 19.0 Å². The summed E-state index contributed by atoms with van der Waals surface area (Å²) in [6.07, 6.45) is 1.60. The predicted molar refractivity (Wildman–Crippen MR) is 121 cm³/mol. The molecule has 0 spiro atoms. The minimum Gasteiger partial charge on any atom is -0.508 e. The van der Waals surface area contributed by atoms with Crippen LogP contribution in [-0.2, 0) is 30.4 Å². The number of benzene rings is 1. The van der Waals surface area contributed by atoms with E-state index in [9.17, 15) is 34.2 Å². The number of carboxylic acids is 1. The first-order valence-corrected chi connectivity index (χ1v) is 11.3. The van der Waals surface area contributed by atoms with Crippen LogP contribution in [-0.4, -0.2) is 76.5 Å². The van der Waals surface area contributed by atoms with Gasteiger partial charge in [-0.2, -0.15) is 11.8 Å². The molecule has 0 saturated carbocycles. The van der Waals surface area contributed by atoms with Crippen molar-refractivity contribution < 1.29 is 34.2 Å². The van der Waals surface area contributed by atoms with E-state index in [4.69, 9.17) is 11.5 Å². The molecular formula is C20H29N5O7S. The highest BCUT2D eigenvalue weighted by Gasteiger charge is 2.27. The molecule has 182 valence electrons. The first kappa shape index (κ1) is 27.7. The number of nitrogens with two attached hydrogens (primary N) is 2. The number of hydrogen-bond acceptors (Lipinski definition) is 8. The molecular weight excluding hydrogens is 454 g/mol. The van der Waals surface area contributed by atoms with Crippen LogP contribution in [0.1, 0.15) is 18.4 Å². The number of rotatable bonds is 14. The molecule has 0 aliphatic rings. The van der Waals surface area contributed by atoms with Crippen molar-refractivity contribution in [2.24, 2.45) is 11.5 Å². The van der Waals surface area contributed by atoms with Crippen LogP contribution >= 0.6 is 11.8 Å². The summed E-state index contributed by atoms with van der Waals surface area (Å²) in [6.45, 7) is -0.528. The third-order valence-corrected chi connectivity index (χ3v) is 5.08. The van der Waals surface area contributed by atoms with E-state index in [1.165, 1.54) is 23.9 Å². The van der Waals surface area contributed by atoms with Gasteiger partial charge in [0.1, 0.15) is 17.8 Å². The summed E-state index contributed by atoms with van der Waals surface area (Å²) < 4.78 is 0. The fourth-order valence-corrected chi connectivity index (χ4v) is 3.17. The van der Waals surface area contributed by atoms with Gasteiger partial charge in [0, 0.05) is 6.42 Å². The molecule has 12 nitrogen and oxygen atoms in total. The zero-order valence-electron chi connectivity index (χ0n) is 18.1. The molecule has 0 heterocycles. The van der Waals surface area contributed by atoms with E-state index in [0.717, 1.165) is 0 Å². The van der Waals surface area contributed by atoms with Crippen LogP contribution in [0.4, 0.5) is 0 Å². The molecule has 1 aromatic carbocycles. The van der Waals surface area contributed by atoms with E-state index in [0.29, 0.717) is 11.3 Å². The normalized spacial score (nSPS) is 13.3. The number of primary amides is 1. The molecule has 1 aromatic rings. The Hall–Kier alpha value is -3.32. The number of carboxylic acid groups (broad SMARTS) is 1. The molecule has 33 heavy (non-hydrogen) atoms. The fraction of sp³-hybridized carbons (Fsp3) is 0.450. The van der Waals surface area contributed by atoms with Crippen molar-refractivity contribution in [2.45, 2.75) is 37.4 Å². The first-order chi connectivity index (χ1) is 15.5. The monoisotopic (exact) mass is 483 g/mol. The average Bonchev–Trinajstić information content (AvgIpc) is 2.75. The minimum absolute atomic E-state index is 0.00184. The van der Waals surface area contributed by atoms with Crippen molar-refractivity contribution in [3.63, 3.8) is 0 Å². The van der Waals surface area contributed by atoms with Crippen LogP contribution in [0, 0.1) is 0 Å². The summed E-state index contributed by atoms with van der Waals surface area (Å²) in [7, 11) is 0. The zero-order chi connectivity index (χ0) is 25.0. The Morgan fingerprint density at radius 2 is 1.67 bits per heavy atom. The van der Waals surface area contributed by atoms with Crippen molar-refractivity contribution in [3.05, 3.63) is 29.8 Å². The Balaban J connectivity index is 2.86. The molecule has 13 heteroatoms. The van der Waals surface area contributed by atoms with Crippen molar-refractivity contribution in [1.29, 1.82) is 0 Å². The molecule has 9 N–H and O–H groups in total. The average molecular weight is 484 g/mol. The van der Waals surface area contributed by atoms with E-state index in [-0.39, 0.29) is 18.6 Å². The molecule has 0 aromatic heterocycles. The highest BCUT2D eigenvalue weighted by Crippen LogP contribution is 2.12. The van der Waals surface area contributed by atoms with Gasteiger partial charge in [0.2, 0.25) is 23.6 Å². The van der Waals surface area contributed by atoms with Crippen molar-refractivity contribution in [3.8, 4) is 5.75 Å². The number of phenols is 1. The van der Waals surface area contributed by atoms with Gasteiger partial charge in [-0.15, -0.1) is 0 Å². The summed E-state index contributed by atoms with van der Waals surface area (Å²) in [5, 5.41) is 25.9. The minimum atomic E-state index is -1.22. The summed E-state index contributed by atoms with van der Waals surface area (Å²) in [5.74, 6) is -3.69. The van der Waals surface area contributed by atoms with Gasteiger partial charge in [-0.1, -0.05) is 12.1 Å². The number of amides is 4. The highest BCUT2D eigenvalue weighted by atomic mass is 32.2. The van der Waals surface area contributed by atoms with Gasteiger partial charge in [0.25, 0.3) is 0 Å². The Kier molecular flexibility index (Phi) is 11.7. The lowest BCUT2D eigenvalue weighted by Gasteiger charge is -2.22. The summed E-state index contributed by atoms with van der Waals surface area (Å²) in [4.78, 5) is 59.3. The maximum absolute atomic E-state index is 12.8. The SMILES string of the molecule is CSCCC(NC(=O)C(Cc1ccc(O)cc1)NC(=O)CNC(=O)C(N)CC(N)=O)C(=O)O. The second-order valence-corrected chi connectivity index (χ2v) is 8.15. The van der Waals surface area contributed by atoms with Gasteiger partial charge < -0.3 is 37.6 Å². The van der Waals surface area contributed by atoms with E-state index in [1.54, 1.807) is 18.4 Å². The maximum Gasteiger partial charge on any atom is 0.326 e. The van der Waals surface area contributed by atoms with Gasteiger partial charge in [0.15, 0.2) is 0 Å². The van der Waals surface area contributed by atoms with Crippen molar-refractivity contribution in [1.82, 2.24) is 16.0 Å². The Morgan fingerprint density at radius 1 is 1.03 bits per heavy atom. The van der Waals surface area contributed by atoms with Crippen LogP contribution < -0.4 is 27.4 Å². The Bertz CT molecular complexity index is 850. The molecule has 4 amide bonds. The second-order valence-electron chi connectivity index (χ2n) is 7.17. The lowest BCUT2D eigenvalue weighted by molar-refractivity contribution is -0.142. The van der Waals surface area contributed by atoms with Crippen LogP contribution in [0.5, 0.6) is 5.75 Å². The van der Waals surface area contributed by atoms with Crippen LogP contribution in [0.15, 0.2) is 24.3 Å². The Morgan fingerprint density at radius 3 is 2.21 bits per heavy atom. The number of carbonyl (C=O) groups is 5. The quantitative estimate of drug-likeness (QED) is 0.156. The fourth-order valence-electron chi connectivity index (χ4n) is 2.70. The molecule has 0 saturated heterocycles. The molecule has 0 radical (unpaired) electrons. The molecule has 0 aliphatic heterocycles. The standard InChI is InChI=1S/C20H29N5O7S/c1-33-7-6-14(20(31)32)25-19(30)15(8-11-2-4-12(26)5-3-11)24-17(28)10-23-18(29)13(21)9-16(22)27/h2-5,13-15,26H,6-10,21H2,1H3,(H2,22,27)(H,23,29)(H,24,28)(H,25,30)(H,31,32). The third kappa shape index (κ3) is 10.7. The molecule has 1 rings (SSSR count). The first-order valence-electron chi connectivity index (χ1n) is 9.94. The maximum atomic E-state index is 12.8. The second kappa shape index (κ2) is 14.0.